The zero-order chi connectivity index (χ0) is 19.8. The lowest BCUT2D eigenvalue weighted by molar-refractivity contribution is -0.387. The topological polar surface area (TPSA) is 102 Å². The standard InChI is InChI=1S/C16H10F3N3O4S/c17-16(18,19)11-7-8-12(15-10(11)4-3-9-20-15)21-27(25,26)14-6-2-1-5-13(14)22(23)24/h1-9,21H. The minimum Gasteiger partial charge on any atom is -0.277 e. The van der Waals surface area contributed by atoms with Gasteiger partial charge in [0.2, 0.25) is 0 Å². The van der Waals surface area contributed by atoms with E-state index in [2.05, 4.69) is 9.71 Å². The molecule has 0 saturated heterocycles. The zero-order valence-electron chi connectivity index (χ0n) is 13.3. The Balaban J connectivity index is 2.14. The van der Waals surface area contributed by atoms with Crippen molar-refractivity contribution in [2.75, 3.05) is 4.72 Å². The molecule has 7 nitrogen and oxygen atoms in total. The fraction of sp³-hybridized carbons (Fsp3) is 0.0625. The predicted molar refractivity (Wildman–Crippen MR) is 90.6 cm³/mol. The van der Waals surface area contributed by atoms with E-state index in [4.69, 9.17) is 0 Å². The van der Waals surface area contributed by atoms with Crippen molar-refractivity contribution in [3.05, 3.63) is 70.4 Å². The van der Waals surface area contributed by atoms with Crippen LogP contribution in [-0.2, 0) is 16.2 Å². The third-order valence-corrected chi connectivity index (χ3v) is 5.08. The molecule has 0 aliphatic heterocycles. The summed E-state index contributed by atoms with van der Waals surface area (Å²) in [5, 5.41) is 10.8. The monoisotopic (exact) mass is 397 g/mol. The number of anilines is 1. The van der Waals surface area contributed by atoms with Crippen molar-refractivity contribution >= 4 is 32.3 Å². The van der Waals surface area contributed by atoms with E-state index in [1.54, 1.807) is 0 Å². The van der Waals surface area contributed by atoms with Gasteiger partial charge >= 0.3 is 6.18 Å². The van der Waals surface area contributed by atoms with Gasteiger partial charge in [-0.1, -0.05) is 18.2 Å². The van der Waals surface area contributed by atoms with Gasteiger partial charge in [-0.2, -0.15) is 13.2 Å². The van der Waals surface area contributed by atoms with E-state index in [1.165, 1.54) is 24.4 Å². The second kappa shape index (κ2) is 6.50. The van der Waals surface area contributed by atoms with E-state index in [0.717, 1.165) is 30.3 Å². The van der Waals surface area contributed by atoms with Crippen molar-refractivity contribution < 1.29 is 26.5 Å². The van der Waals surface area contributed by atoms with Crippen molar-refractivity contribution in [2.24, 2.45) is 0 Å². The van der Waals surface area contributed by atoms with Crippen molar-refractivity contribution in [1.82, 2.24) is 4.98 Å². The summed E-state index contributed by atoms with van der Waals surface area (Å²) in [7, 11) is -4.44. The molecule has 0 unspecified atom stereocenters. The SMILES string of the molecule is O=[N+]([O-])c1ccccc1S(=O)(=O)Nc1ccc(C(F)(F)F)c2cccnc12. The molecule has 0 atom stereocenters. The summed E-state index contributed by atoms with van der Waals surface area (Å²) in [6, 6.07) is 8.73. The van der Waals surface area contributed by atoms with E-state index < -0.39 is 37.3 Å². The van der Waals surface area contributed by atoms with Gasteiger partial charge in [0.25, 0.3) is 15.7 Å². The maximum absolute atomic E-state index is 13.2. The highest BCUT2D eigenvalue weighted by Crippen LogP contribution is 2.37. The summed E-state index contributed by atoms with van der Waals surface area (Å²) in [6.45, 7) is 0. The van der Waals surface area contributed by atoms with Gasteiger partial charge in [-0.25, -0.2) is 8.42 Å². The van der Waals surface area contributed by atoms with E-state index in [9.17, 15) is 31.7 Å². The quantitative estimate of drug-likeness (QED) is 0.530. The Bertz CT molecular complexity index is 1150. The Labute approximate surface area is 150 Å². The summed E-state index contributed by atoms with van der Waals surface area (Å²) < 4.78 is 66.7. The molecule has 0 radical (unpaired) electrons. The first-order valence-corrected chi connectivity index (χ1v) is 8.81. The van der Waals surface area contributed by atoms with Crippen LogP contribution in [0, 0.1) is 10.1 Å². The first-order chi connectivity index (χ1) is 12.6. The highest BCUT2D eigenvalue weighted by molar-refractivity contribution is 7.92. The van der Waals surface area contributed by atoms with Crippen molar-refractivity contribution in [2.45, 2.75) is 11.1 Å². The molecule has 1 aromatic heterocycles. The maximum atomic E-state index is 13.2. The molecule has 0 spiro atoms. The van der Waals surface area contributed by atoms with Gasteiger partial charge < -0.3 is 0 Å². The second-order valence-corrected chi connectivity index (χ2v) is 7.04. The fourth-order valence-corrected chi connectivity index (χ4v) is 3.78. The molecule has 0 saturated carbocycles. The lowest BCUT2D eigenvalue weighted by Crippen LogP contribution is -2.16. The number of pyridine rings is 1. The van der Waals surface area contributed by atoms with Crippen LogP contribution in [0.25, 0.3) is 10.9 Å². The molecule has 0 aliphatic rings. The van der Waals surface area contributed by atoms with Crippen LogP contribution in [0.15, 0.2) is 59.6 Å². The number of nitro benzene ring substituents is 1. The molecular weight excluding hydrogens is 387 g/mol. The fourth-order valence-electron chi connectivity index (χ4n) is 2.54. The molecule has 0 amide bonds. The average molecular weight is 397 g/mol. The normalized spacial score (nSPS) is 12.1. The van der Waals surface area contributed by atoms with Crippen molar-refractivity contribution in [1.29, 1.82) is 0 Å². The van der Waals surface area contributed by atoms with Crippen LogP contribution >= 0.6 is 0 Å². The average Bonchev–Trinajstić information content (AvgIpc) is 2.60. The second-order valence-electron chi connectivity index (χ2n) is 5.39. The molecule has 3 aromatic rings. The molecule has 1 N–H and O–H groups in total. The molecule has 140 valence electrons. The number of hydrogen-bond donors (Lipinski definition) is 1. The Hall–Kier alpha value is -3.21. The van der Waals surface area contributed by atoms with E-state index in [0.29, 0.717) is 0 Å². The number of fused-ring (bicyclic) bond motifs is 1. The Morgan fingerprint density at radius 3 is 2.41 bits per heavy atom. The Morgan fingerprint density at radius 2 is 1.74 bits per heavy atom. The van der Waals surface area contributed by atoms with Crippen molar-refractivity contribution in [3.8, 4) is 0 Å². The first-order valence-electron chi connectivity index (χ1n) is 7.32. The third kappa shape index (κ3) is 3.53. The van der Waals surface area contributed by atoms with Gasteiger partial charge in [-0.3, -0.25) is 19.8 Å². The first kappa shape index (κ1) is 18.6. The zero-order valence-corrected chi connectivity index (χ0v) is 14.1. The van der Waals surface area contributed by atoms with Crippen molar-refractivity contribution in [3.63, 3.8) is 0 Å². The summed E-state index contributed by atoms with van der Waals surface area (Å²) in [5.74, 6) is 0. The van der Waals surface area contributed by atoms with Crippen LogP contribution in [0.2, 0.25) is 0 Å². The van der Waals surface area contributed by atoms with Crippen LogP contribution in [0.5, 0.6) is 0 Å². The van der Waals surface area contributed by atoms with E-state index >= 15 is 0 Å². The smallest absolute Gasteiger partial charge is 0.277 e. The van der Waals surface area contributed by atoms with Gasteiger partial charge in [-0.05, 0) is 24.3 Å². The molecule has 11 heteroatoms. The van der Waals surface area contributed by atoms with Crippen LogP contribution in [0.1, 0.15) is 5.56 Å². The number of nitro groups is 1. The molecule has 0 fully saturated rings. The summed E-state index contributed by atoms with van der Waals surface area (Å²) in [6.07, 6.45) is -3.44. The van der Waals surface area contributed by atoms with E-state index in [-0.39, 0.29) is 16.6 Å². The highest BCUT2D eigenvalue weighted by atomic mass is 32.2. The number of aromatic nitrogens is 1. The number of benzene rings is 2. The van der Waals surface area contributed by atoms with Gasteiger partial charge in [0.15, 0.2) is 4.90 Å². The maximum Gasteiger partial charge on any atom is 0.417 e. The third-order valence-electron chi connectivity index (χ3n) is 3.67. The summed E-state index contributed by atoms with van der Waals surface area (Å²) in [5.41, 5.74) is -2.08. The number of para-hydroxylation sites is 1. The van der Waals surface area contributed by atoms with Gasteiger partial charge in [0.05, 0.1) is 21.7 Å². The number of nitrogens with one attached hydrogen (secondary N) is 1. The number of halogens is 3. The van der Waals surface area contributed by atoms with Gasteiger partial charge in [0, 0.05) is 17.6 Å². The van der Waals surface area contributed by atoms with Gasteiger partial charge in [0.1, 0.15) is 0 Å². The molecular formula is C16H10F3N3O4S. The largest absolute Gasteiger partial charge is 0.417 e. The molecule has 27 heavy (non-hydrogen) atoms. The van der Waals surface area contributed by atoms with Crippen LogP contribution in [-0.4, -0.2) is 18.3 Å². The van der Waals surface area contributed by atoms with Crippen LogP contribution in [0.3, 0.4) is 0 Å². The number of sulfonamides is 1. The minimum atomic E-state index is -4.66. The lowest BCUT2D eigenvalue weighted by Gasteiger charge is -2.14. The Morgan fingerprint density at radius 1 is 1.04 bits per heavy atom. The minimum absolute atomic E-state index is 0.225. The number of alkyl halides is 3. The van der Waals surface area contributed by atoms with Crippen LogP contribution in [0.4, 0.5) is 24.5 Å². The highest BCUT2D eigenvalue weighted by Gasteiger charge is 2.33. The lowest BCUT2D eigenvalue weighted by atomic mass is 10.1. The molecule has 2 aromatic carbocycles. The van der Waals surface area contributed by atoms with Gasteiger partial charge in [-0.15, -0.1) is 0 Å². The van der Waals surface area contributed by atoms with E-state index in [1.807, 2.05) is 0 Å². The molecule has 3 rings (SSSR count). The molecule has 0 bridgehead atoms. The number of rotatable bonds is 4. The van der Waals surface area contributed by atoms with Crippen LogP contribution < -0.4 is 4.72 Å². The molecule has 1 heterocycles. The predicted octanol–water partition coefficient (Wildman–Crippen LogP) is 3.96. The number of nitrogens with zero attached hydrogens (tertiary/aromatic N) is 2. The summed E-state index contributed by atoms with van der Waals surface area (Å²) >= 11 is 0. The Kier molecular flexibility index (Phi) is 4.47. The summed E-state index contributed by atoms with van der Waals surface area (Å²) in [4.78, 5) is 13.4. The molecule has 0 aliphatic carbocycles. The number of hydrogen-bond acceptors (Lipinski definition) is 5.